The number of rotatable bonds is 5. The minimum absolute atomic E-state index is 0.153. The average Bonchev–Trinajstić information content (AvgIpc) is 2.29. The highest BCUT2D eigenvalue weighted by Crippen LogP contribution is 2.15. The molecule has 1 unspecified atom stereocenters. The van der Waals surface area contributed by atoms with Crippen molar-refractivity contribution in [3.8, 4) is 0 Å². The lowest BCUT2D eigenvalue weighted by Gasteiger charge is -2.20. The van der Waals surface area contributed by atoms with Gasteiger partial charge < -0.3 is 5.73 Å². The van der Waals surface area contributed by atoms with Crippen LogP contribution in [0.4, 0.5) is 0 Å². The summed E-state index contributed by atoms with van der Waals surface area (Å²) >= 11 is 0. The van der Waals surface area contributed by atoms with Crippen LogP contribution in [0.2, 0.25) is 0 Å². The van der Waals surface area contributed by atoms with E-state index in [1.54, 1.807) is 31.3 Å². The summed E-state index contributed by atoms with van der Waals surface area (Å²) in [4.78, 5) is 0.329. The molecule has 1 aromatic rings. The predicted octanol–water partition coefficient (Wildman–Crippen LogP) is 1.21. The third kappa shape index (κ3) is 3.52. The largest absolute Gasteiger partial charge is 0.330 e. The molecule has 0 fully saturated rings. The van der Waals surface area contributed by atoms with Crippen molar-refractivity contribution in [1.82, 2.24) is 4.31 Å². The van der Waals surface area contributed by atoms with Crippen molar-refractivity contribution in [3.05, 3.63) is 29.8 Å². The van der Waals surface area contributed by atoms with Crippen LogP contribution < -0.4 is 5.73 Å². The molecule has 0 aliphatic rings. The van der Waals surface area contributed by atoms with Gasteiger partial charge in [-0.3, -0.25) is 0 Å². The smallest absolute Gasteiger partial charge is 0.242 e. The van der Waals surface area contributed by atoms with E-state index in [0.717, 1.165) is 5.56 Å². The van der Waals surface area contributed by atoms with Crippen molar-refractivity contribution < 1.29 is 8.42 Å². The van der Waals surface area contributed by atoms with Crippen LogP contribution in [0.5, 0.6) is 0 Å². The van der Waals surface area contributed by atoms with Gasteiger partial charge in [0.2, 0.25) is 10.0 Å². The van der Waals surface area contributed by atoms with E-state index in [1.807, 2.05) is 13.8 Å². The Kier molecular flexibility index (Phi) is 4.68. The maximum atomic E-state index is 12.2. The Morgan fingerprint density at radius 2 is 1.82 bits per heavy atom. The molecule has 96 valence electrons. The van der Waals surface area contributed by atoms with Crippen LogP contribution in [-0.4, -0.2) is 32.9 Å². The van der Waals surface area contributed by atoms with Gasteiger partial charge in [-0.2, -0.15) is 0 Å². The van der Waals surface area contributed by atoms with Gasteiger partial charge in [-0.15, -0.1) is 0 Å². The highest BCUT2D eigenvalue weighted by Gasteiger charge is 2.21. The summed E-state index contributed by atoms with van der Waals surface area (Å²) in [6.07, 6.45) is 0. The summed E-state index contributed by atoms with van der Waals surface area (Å²) < 4.78 is 25.7. The number of hydrogen-bond donors (Lipinski definition) is 1. The van der Waals surface area contributed by atoms with Crippen molar-refractivity contribution in [1.29, 1.82) is 0 Å². The first-order valence-corrected chi connectivity index (χ1v) is 7.05. The fourth-order valence-corrected chi connectivity index (χ4v) is 2.79. The van der Waals surface area contributed by atoms with Gasteiger partial charge in [-0.1, -0.05) is 24.6 Å². The molecule has 0 aliphatic heterocycles. The van der Waals surface area contributed by atoms with Gasteiger partial charge in [-0.05, 0) is 31.5 Å². The number of nitrogens with zero attached hydrogens (tertiary/aromatic N) is 1. The lowest BCUT2D eigenvalue weighted by molar-refractivity contribution is 0.405. The molecule has 1 aromatic carbocycles. The Bertz CT molecular complexity index is 454. The topological polar surface area (TPSA) is 63.4 Å². The number of benzene rings is 1. The minimum Gasteiger partial charge on any atom is -0.330 e. The Hall–Kier alpha value is -0.910. The summed E-state index contributed by atoms with van der Waals surface area (Å²) in [6, 6.07) is 6.86. The molecule has 1 rings (SSSR count). The third-order valence-corrected chi connectivity index (χ3v) is 4.54. The number of nitrogens with two attached hydrogens (primary N) is 1. The molecule has 0 amide bonds. The number of hydrogen-bond acceptors (Lipinski definition) is 3. The van der Waals surface area contributed by atoms with Crippen molar-refractivity contribution in [3.63, 3.8) is 0 Å². The Morgan fingerprint density at radius 3 is 2.29 bits per heavy atom. The Morgan fingerprint density at radius 1 is 1.29 bits per heavy atom. The molecular formula is C12H20N2O2S. The highest BCUT2D eigenvalue weighted by atomic mass is 32.2. The zero-order valence-electron chi connectivity index (χ0n) is 10.6. The molecule has 0 aromatic heterocycles. The van der Waals surface area contributed by atoms with E-state index in [9.17, 15) is 8.42 Å². The first-order valence-electron chi connectivity index (χ1n) is 5.61. The summed E-state index contributed by atoms with van der Waals surface area (Å²) in [7, 11) is -1.80. The summed E-state index contributed by atoms with van der Waals surface area (Å²) in [6.45, 7) is 4.78. The van der Waals surface area contributed by atoms with E-state index in [-0.39, 0.29) is 5.92 Å². The molecule has 2 N–H and O–H groups in total. The maximum Gasteiger partial charge on any atom is 0.242 e. The molecule has 0 saturated carbocycles. The van der Waals surface area contributed by atoms with Crippen LogP contribution in [0.15, 0.2) is 29.2 Å². The maximum absolute atomic E-state index is 12.2. The zero-order chi connectivity index (χ0) is 13.1. The quantitative estimate of drug-likeness (QED) is 0.861. The minimum atomic E-state index is -3.38. The monoisotopic (exact) mass is 256 g/mol. The zero-order valence-corrected chi connectivity index (χ0v) is 11.4. The SMILES string of the molecule is Cc1ccc(S(=O)(=O)N(C)CC(C)CN)cc1. The normalized spacial score (nSPS) is 13.9. The Labute approximate surface area is 103 Å². The van der Waals surface area contributed by atoms with E-state index >= 15 is 0 Å². The fraction of sp³-hybridized carbons (Fsp3) is 0.500. The van der Waals surface area contributed by atoms with Gasteiger partial charge in [0.1, 0.15) is 0 Å². The fourth-order valence-electron chi connectivity index (χ4n) is 1.50. The van der Waals surface area contributed by atoms with E-state index in [2.05, 4.69) is 0 Å². The molecule has 17 heavy (non-hydrogen) atoms. The van der Waals surface area contributed by atoms with Crippen LogP contribution in [0.25, 0.3) is 0 Å². The molecule has 5 heteroatoms. The summed E-state index contributed by atoms with van der Waals surface area (Å²) in [5.74, 6) is 0.153. The Balaban J connectivity index is 2.91. The lowest BCUT2D eigenvalue weighted by atomic mass is 10.2. The van der Waals surface area contributed by atoms with E-state index in [0.29, 0.717) is 18.0 Å². The molecule has 4 nitrogen and oxygen atoms in total. The van der Waals surface area contributed by atoms with Crippen LogP contribution in [0, 0.1) is 12.8 Å². The van der Waals surface area contributed by atoms with Crippen molar-refractivity contribution >= 4 is 10.0 Å². The second-order valence-corrected chi connectivity index (χ2v) is 6.48. The van der Waals surface area contributed by atoms with Gasteiger partial charge >= 0.3 is 0 Å². The number of aryl methyl sites for hydroxylation is 1. The van der Waals surface area contributed by atoms with Crippen molar-refractivity contribution in [2.24, 2.45) is 11.7 Å². The molecule has 0 radical (unpaired) electrons. The standard InChI is InChI=1S/C12H20N2O2S/c1-10-4-6-12(7-5-10)17(15,16)14(3)9-11(2)8-13/h4-7,11H,8-9,13H2,1-3H3. The first kappa shape index (κ1) is 14.2. The van der Waals surface area contributed by atoms with E-state index in [4.69, 9.17) is 5.73 Å². The molecule has 0 bridgehead atoms. The molecule has 0 spiro atoms. The average molecular weight is 256 g/mol. The predicted molar refractivity (Wildman–Crippen MR) is 69.2 cm³/mol. The third-order valence-electron chi connectivity index (χ3n) is 2.70. The second-order valence-electron chi connectivity index (χ2n) is 4.44. The van der Waals surface area contributed by atoms with E-state index in [1.165, 1.54) is 4.31 Å². The molecular weight excluding hydrogens is 236 g/mol. The van der Waals surface area contributed by atoms with Crippen molar-refractivity contribution in [2.45, 2.75) is 18.7 Å². The lowest BCUT2D eigenvalue weighted by Crippen LogP contribution is -2.33. The summed E-state index contributed by atoms with van der Waals surface area (Å²) in [5.41, 5.74) is 6.54. The first-order chi connectivity index (χ1) is 7.87. The molecule has 0 saturated heterocycles. The van der Waals surface area contributed by atoms with Gasteiger partial charge in [-0.25, -0.2) is 12.7 Å². The van der Waals surface area contributed by atoms with Gasteiger partial charge in [0.05, 0.1) is 4.90 Å². The summed E-state index contributed by atoms with van der Waals surface area (Å²) in [5, 5.41) is 0. The van der Waals surface area contributed by atoms with Crippen LogP contribution in [-0.2, 0) is 10.0 Å². The molecule has 0 aliphatic carbocycles. The van der Waals surface area contributed by atoms with Gasteiger partial charge in [0.25, 0.3) is 0 Å². The van der Waals surface area contributed by atoms with Gasteiger partial charge in [0, 0.05) is 13.6 Å². The van der Waals surface area contributed by atoms with Crippen molar-refractivity contribution in [2.75, 3.05) is 20.1 Å². The van der Waals surface area contributed by atoms with Gasteiger partial charge in [0.15, 0.2) is 0 Å². The number of sulfonamides is 1. The van der Waals surface area contributed by atoms with Crippen LogP contribution in [0.1, 0.15) is 12.5 Å². The second kappa shape index (κ2) is 5.62. The van der Waals surface area contributed by atoms with Crippen LogP contribution in [0.3, 0.4) is 0 Å². The highest BCUT2D eigenvalue weighted by molar-refractivity contribution is 7.89. The molecule has 1 atom stereocenters. The van der Waals surface area contributed by atoms with Crippen LogP contribution >= 0.6 is 0 Å². The molecule has 0 heterocycles. The van der Waals surface area contributed by atoms with E-state index < -0.39 is 10.0 Å².